The number of hydrogen-bond donors (Lipinski definition) is 1. The SMILES string of the molecule is Nc1ncnc2c1nc(Sc1ccc(Cl)cc1Cl)n2CCc1ccccn1. The molecule has 4 rings (SSSR count). The van der Waals surface area contributed by atoms with Gasteiger partial charge in [0.25, 0.3) is 0 Å². The Balaban J connectivity index is 1.73. The Labute approximate surface area is 169 Å². The summed E-state index contributed by atoms with van der Waals surface area (Å²) in [6.45, 7) is 0.650. The summed E-state index contributed by atoms with van der Waals surface area (Å²) in [6, 6.07) is 11.2. The molecule has 136 valence electrons. The largest absolute Gasteiger partial charge is 0.382 e. The molecule has 0 radical (unpaired) electrons. The minimum atomic E-state index is 0.348. The van der Waals surface area contributed by atoms with Crippen molar-refractivity contribution in [2.24, 2.45) is 0 Å². The second-order valence-electron chi connectivity index (χ2n) is 5.73. The summed E-state index contributed by atoms with van der Waals surface area (Å²) in [4.78, 5) is 18.3. The molecule has 9 heteroatoms. The lowest BCUT2D eigenvalue weighted by Gasteiger charge is -2.09. The number of hydrogen-bond acceptors (Lipinski definition) is 6. The van der Waals surface area contributed by atoms with Crippen molar-refractivity contribution >= 4 is 51.9 Å². The summed E-state index contributed by atoms with van der Waals surface area (Å²) in [5, 5.41) is 1.88. The van der Waals surface area contributed by atoms with Crippen molar-refractivity contribution in [3.8, 4) is 0 Å². The smallest absolute Gasteiger partial charge is 0.175 e. The van der Waals surface area contributed by atoms with Gasteiger partial charge in [0, 0.05) is 34.8 Å². The first-order valence-corrected chi connectivity index (χ1v) is 9.68. The first-order valence-electron chi connectivity index (χ1n) is 8.11. The molecule has 0 amide bonds. The Bertz CT molecular complexity index is 1100. The number of benzene rings is 1. The number of fused-ring (bicyclic) bond motifs is 1. The maximum absolute atomic E-state index is 6.33. The van der Waals surface area contributed by atoms with E-state index in [0.29, 0.717) is 33.6 Å². The number of aromatic nitrogens is 5. The minimum absolute atomic E-state index is 0.348. The molecule has 0 fully saturated rings. The quantitative estimate of drug-likeness (QED) is 0.515. The number of imidazole rings is 1. The second kappa shape index (κ2) is 7.72. The normalized spacial score (nSPS) is 11.2. The van der Waals surface area contributed by atoms with Crippen LogP contribution in [0.5, 0.6) is 0 Å². The first kappa shape index (κ1) is 18.0. The van der Waals surface area contributed by atoms with E-state index in [9.17, 15) is 0 Å². The lowest BCUT2D eigenvalue weighted by atomic mass is 10.3. The molecular formula is C18H14Cl2N6S. The molecule has 3 heterocycles. The van der Waals surface area contributed by atoms with Crippen LogP contribution < -0.4 is 5.73 Å². The number of halogens is 2. The number of aryl methyl sites for hydroxylation is 2. The maximum atomic E-state index is 6.33. The zero-order valence-corrected chi connectivity index (χ0v) is 16.3. The fourth-order valence-electron chi connectivity index (χ4n) is 2.64. The number of anilines is 1. The molecular weight excluding hydrogens is 403 g/mol. The standard InChI is InChI=1S/C18H14Cl2N6S/c19-11-4-5-14(13(20)9-11)27-18-25-15-16(21)23-10-24-17(15)26(18)8-6-12-3-1-2-7-22-12/h1-5,7,9-10H,6,8H2,(H2,21,23,24). The van der Waals surface area contributed by atoms with Crippen molar-refractivity contribution in [1.82, 2.24) is 24.5 Å². The number of nitrogen functional groups attached to an aromatic ring is 1. The third-order valence-corrected chi connectivity index (χ3v) is 5.67. The third kappa shape index (κ3) is 3.85. The van der Waals surface area contributed by atoms with Crippen molar-refractivity contribution in [1.29, 1.82) is 0 Å². The van der Waals surface area contributed by atoms with Crippen LogP contribution in [0.2, 0.25) is 10.0 Å². The zero-order chi connectivity index (χ0) is 18.8. The number of rotatable bonds is 5. The average molecular weight is 417 g/mol. The van der Waals surface area contributed by atoms with Crippen molar-refractivity contribution in [2.75, 3.05) is 5.73 Å². The minimum Gasteiger partial charge on any atom is -0.382 e. The van der Waals surface area contributed by atoms with E-state index >= 15 is 0 Å². The van der Waals surface area contributed by atoms with Crippen molar-refractivity contribution in [3.63, 3.8) is 0 Å². The van der Waals surface area contributed by atoms with Gasteiger partial charge in [-0.25, -0.2) is 15.0 Å². The summed E-state index contributed by atoms with van der Waals surface area (Å²) >= 11 is 13.8. The van der Waals surface area contributed by atoms with Gasteiger partial charge in [-0.3, -0.25) is 4.98 Å². The van der Waals surface area contributed by atoms with Crippen molar-refractivity contribution in [2.45, 2.75) is 23.0 Å². The van der Waals surface area contributed by atoms with E-state index in [1.807, 2.05) is 28.8 Å². The summed E-state index contributed by atoms with van der Waals surface area (Å²) < 4.78 is 2.01. The lowest BCUT2D eigenvalue weighted by Crippen LogP contribution is -2.05. The van der Waals surface area contributed by atoms with Gasteiger partial charge in [-0.15, -0.1) is 0 Å². The molecule has 0 atom stereocenters. The summed E-state index contributed by atoms with van der Waals surface area (Å²) in [7, 11) is 0. The molecule has 4 aromatic rings. The van der Waals surface area contributed by atoms with E-state index in [1.54, 1.807) is 18.3 Å². The van der Waals surface area contributed by atoms with E-state index in [0.717, 1.165) is 22.2 Å². The molecule has 0 bridgehead atoms. The van der Waals surface area contributed by atoms with Crippen LogP contribution >= 0.6 is 35.0 Å². The second-order valence-corrected chi connectivity index (χ2v) is 7.58. The van der Waals surface area contributed by atoms with Crippen LogP contribution in [0.4, 0.5) is 5.82 Å². The number of nitrogens with two attached hydrogens (primary N) is 1. The van der Waals surface area contributed by atoms with E-state index < -0.39 is 0 Å². The van der Waals surface area contributed by atoms with Crippen LogP contribution in [0, 0.1) is 0 Å². The van der Waals surface area contributed by atoms with Gasteiger partial charge in [0.15, 0.2) is 22.1 Å². The molecule has 6 nitrogen and oxygen atoms in total. The highest BCUT2D eigenvalue weighted by molar-refractivity contribution is 7.99. The van der Waals surface area contributed by atoms with Crippen LogP contribution in [0.15, 0.2) is 59.0 Å². The van der Waals surface area contributed by atoms with Gasteiger partial charge in [-0.05, 0) is 30.3 Å². The topological polar surface area (TPSA) is 82.5 Å². The lowest BCUT2D eigenvalue weighted by molar-refractivity contribution is 0.639. The average Bonchev–Trinajstić information content (AvgIpc) is 3.02. The summed E-state index contributed by atoms with van der Waals surface area (Å²) in [6.07, 6.45) is 3.96. The fraction of sp³-hybridized carbons (Fsp3) is 0.111. The maximum Gasteiger partial charge on any atom is 0.175 e. The molecule has 1 aromatic carbocycles. The Morgan fingerprint density at radius 1 is 1.07 bits per heavy atom. The van der Waals surface area contributed by atoms with Crippen LogP contribution in [0.3, 0.4) is 0 Å². The molecule has 3 aromatic heterocycles. The van der Waals surface area contributed by atoms with Crippen molar-refractivity contribution < 1.29 is 0 Å². The van der Waals surface area contributed by atoms with E-state index in [4.69, 9.17) is 28.9 Å². The highest BCUT2D eigenvalue weighted by Gasteiger charge is 2.17. The van der Waals surface area contributed by atoms with Gasteiger partial charge >= 0.3 is 0 Å². The van der Waals surface area contributed by atoms with Gasteiger partial charge < -0.3 is 10.3 Å². The molecule has 0 unspecified atom stereocenters. The highest BCUT2D eigenvalue weighted by Crippen LogP contribution is 2.36. The Morgan fingerprint density at radius 2 is 1.96 bits per heavy atom. The Morgan fingerprint density at radius 3 is 2.74 bits per heavy atom. The molecule has 0 spiro atoms. The molecule has 0 aliphatic carbocycles. The molecule has 0 saturated carbocycles. The van der Waals surface area contributed by atoms with E-state index in [2.05, 4.69) is 19.9 Å². The summed E-state index contributed by atoms with van der Waals surface area (Å²) in [5.74, 6) is 0.348. The fourth-order valence-corrected chi connectivity index (χ4v) is 4.08. The van der Waals surface area contributed by atoms with Crippen LogP contribution in [-0.2, 0) is 13.0 Å². The predicted molar refractivity (Wildman–Crippen MR) is 108 cm³/mol. The monoisotopic (exact) mass is 416 g/mol. The van der Waals surface area contributed by atoms with Crippen LogP contribution in [-0.4, -0.2) is 24.5 Å². The zero-order valence-electron chi connectivity index (χ0n) is 14.0. The van der Waals surface area contributed by atoms with Crippen LogP contribution in [0.1, 0.15) is 5.69 Å². The molecule has 27 heavy (non-hydrogen) atoms. The Hall–Kier alpha value is -2.35. The van der Waals surface area contributed by atoms with Gasteiger partial charge in [0.1, 0.15) is 6.33 Å². The molecule has 0 aliphatic heterocycles. The predicted octanol–water partition coefficient (Wildman–Crippen LogP) is 4.50. The molecule has 2 N–H and O–H groups in total. The number of pyridine rings is 1. The number of nitrogens with zero attached hydrogens (tertiary/aromatic N) is 5. The van der Waals surface area contributed by atoms with E-state index in [-0.39, 0.29) is 0 Å². The van der Waals surface area contributed by atoms with Gasteiger partial charge in [0.2, 0.25) is 0 Å². The molecule has 0 saturated heterocycles. The van der Waals surface area contributed by atoms with Crippen LogP contribution in [0.25, 0.3) is 11.2 Å². The molecule has 0 aliphatic rings. The Kier molecular flexibility index (Phi) is 5.15. The first-order chi connectivity index (χ1) is 13.1. The van der Waals surface area contributed by atoms with Gasteiger partial charge in [0.05, 0.1) is 5.02 Å². The van der Waals surface area contributed by atoms with Crippen molar-refractivity contribution in [3.05, 3.63) is 64.7 Å². The highest BCUT2D eigenvalue weighted by atomic mass is 35.5. The third-order valence-electron chi connectivity index (χ3n) is 3.94. The van der Waals surface area contributed by atoms with Gasteiger partial charge in [-0.1, -0.05) is 41.0 Å². The summed E-state index contributed by atoms with van der Waals surface area (Å²) in [5.41, 5.74) is 8.25. The van der Waals surface area contributed by atoms with E-state index in [1.165, 1.54) is 18.1 Å². The van der Waals surface area contributed by atoms with Gasteiger partial charge in [-0.2, -0.15) is 0 Å².